The lowest BCUT2D eigenvalue weighted by molar-refractivity contribution is -0.121. The van der Waals surface area contributed by atoms with Crippen molar-refractivity contribution < 1.29 is 14.3 Å². The van der Waals surface area contributed by atoms with E-state index < -0.39 is 0 Å². The van der Waals surface area contributed by atoms with Crippen LogP contribution in [0.2, 0.25) is 0 Å². The number of thiazole rings is 1. The van der Waals surface area contributed by atoms with E-state index in [1.54, 1.807) is 22.4 Å². The molecule has 7 heteroatoms. The summed E-state index contributed by atoms with van der Waals surface area (Å²) < 4.78 is 11.6. The summed E-state index contributed by atoms with van der Waals surface area (Å²) in [6.45, 7) is 7.38. The molecule has 0 bridgehead atoms. The Morgan fingerprint density at radius 3 is 2.63 bits per heavy atom. The van der Waals surface area contributed by atoms with Crippen LogP contribution in [0.5, 0.6) is 11.5 Å². The first-order valence-corrected chi connectivity index (χ1v) is 12.4. The summed E-state index contributed by atoms with van der Waals surface area (Å²) in [5.41, 5.74) is 4.68. The molecule has 1 aliphatic heterocycles. The molecule has 178 valence electrons. The highest BCUT2D eigenvalue weighted by Crippen LogP contribution is 2.37. The Kier molecular flexibility index (Phi) is 6.26. The molecule has 2 aromatic carbocycles. The van der Waals surface area contributed by atoms with Crippen molar-refractivity contribution in [3.8, 4) is 33.5 Å². The molecule has 2 aromatic heterocycles. The molecule has 4 aromatic rings. The van der Waals surface area contributed by atoms with Crippen LogP contribution in [0.1, 0.15) is 26.3 Å². The number of hydrogen-bond acceptors (Lipinski definition) is 6. The lowest BCUT2D eigenvalue weighted by Gasteiger charge is -2.29. The van der Waals surface area contributed by atoms with Crippen molar-refractivity contribution in [2.24, 2.45) is 0 Å². The van der Waals surface area contributed by atoms with Crippen molar-refractivity contribution in [1.29, 1.82) is 0 Å². The Labute approximate surface area is 209 Å². The lowest BCUT2D eigenvalue weighted by atomic mass is 9.87. The summed E-state index contributed by atoms with van der Waals surface area (Å²) >= 11 is 1.54. The zero-order valence-corrected chi connectivity index (χ0v) is 20.8. The van der Waals surface area contributed by atoms with Crippen molar-refractivity contribution in [2.45, 2.75) is 26.2 Å². The molecule has 0 saturated carbocycles. The molecule has 1 aliphatic rings. The normalized spacial score (nSPS) is 13.3. The van der Waals surface area contributed by atoms with E-state index in [2.05, 4.69) is 37.9 Å². The molecule has 0 saturated heterocycles. The average molecular weight is 486 g/mol. The van der Waals surface area contributed by atoms with Crippen LogP contribution in [-0.2, 0) is 10.2 Å². The SMILES string of the molecule is CC(C)(C)c1ccc(OCCN2C(=O)COc3ccc(-c4csc(-c5ccccn5)n4)cc32)cc1. The molecule has 0 unspecified atom stereocenters. The molecule has 0 aliphatic carbocycles. The van der Waals surface area contributed by atoms with E-state index in [1.807, 2.05) is 53.9 Å². The number of aromatic nitrogens is 2. The quantitative estimate of drug-likeness (QED) is 0.336. The molecule has 5 rings (SSSR count). The highest BCUT2D eigenvalue weighted by Gasteiger charge is 2.26. The molecule has 0 atom stereocenters. The van der Waals surface area contributed by atoms with Crippen molar-refractivity contribution >= 4 is 22.9 Å². The molecular weight excluding hydrogens is 458 g/mol. The van der Waals surface area contributed by atoms with E-state index in [9.17, 15) is 4.79 Å². The summed E-state index contributed by atoms with van der Waals surface area (Å²) in [6.07, 6.45) is 1.76. The summed E-state index contributed by atoms with van der Waals surface area (Å²) in [7, 11) is 0. The second-order valence-electron chi connectivity index (χ2n) is 9.39. The molecule has 0 radical (unpaired) electrons. The van der Waals surface area contributed by atoms with Gasteiger partial charge in [-0.1, -0.05) is 39.0 Å². The molecule has 0 spiro atoms. The van der Waals surface area contributed by atoms with Crippen LogP contribution in [0.3, 0.4) is 0 Å². The van der Waals surface area contributed by atoms with Gasteiger partial charge in [-0.25, -0.2) is 4.98 Å². The van der Waals surface area contributed by atoms with E-state index in [-0.39, 0.29) is 17.9 Å². The van der Waals surface area contributed by atoms with Gasteiger partial charge in [-0.05, 0) is 53.4 Å². The predicted molar refractivity (Wildman–Crippen MR) is 139 cm³/mol. The summed E-state index contributed by atoms with van der Waals surface area (Å²) in [5.74, 6) is 1.38. The summed E-state index contributed by atoms with van der Waals surface area (Å²) in [6, 6.07) is 19.7. The Balaban J connectivity index is 1.32. The van der Waals surface area contributed by atoms with E-state index in [0.717, 1.165) is 33.4 Å². The van der Waals surface area contributed by atoms with Gasteiger partial charge in [-0.2, -0.15) is 0 Å². The molecule has 3 heterocycles. The maximum absolute atomic E-state index is 12.7. The third kappa shape index (κ3) is 5.05. The number of hydrogen-bond donors (Lipinski definition) is 0. The Hall–Kier alpha value is -3.71. The number of carbonyl (C=O) groups is 1. The predicted octanol–water partition coefficient (Wildman–Crippen LogP) is 5.97. The van der Waals surface area contributed by atoms with Crippen molar-refractivity contribution in [3.05, 3.63) is 77.8 Å². The first kappa shape index (κ1) is 23.1. The van der Waals surface area contributed by atoms with Crippen LogP contribution in [0.15, 0.2) is 72.2 Å². The lowest BCUT2D eigenvalue weighted by Crippen LogP contribution is -2.41. The van der Waals surface area contributed by atoms with Gasteiger partial charge in [0.1, 0.15) is 23.1 Å². The zero-order chi connectivity index (χ0) is 24.4. The van der Waals surface area contributed by atoms with Crippen LogP contribution < -0.4 is 14.4 Å². The maximum Gasteiger partial charge on any atom is 0.265 e. The zero-order valence-electron chi connectivity index (χ0n) is 20.0. The van der Waals surface area contributed by atoms with E-state index >= 15 is 0 Å². The number of rotatable bonds is 6. The standard InChI is InChI=1S/C28H27N3O3S/c1-28(2,3)20-8-10-21(11-9-20)33-15-14-31-24-16-19(7-12-25(24)34-17-26(31)32)23-18-35-27(30-23)22-6-4-5-13-29-22/h4-13,16,18H,14-15,17H2,1-3H3. The minimum Gasteiger partial charge on any atom is -0.492 e. The fourth-order valence-electron chi connectivity index (χ4n) is 3.93. The Bertz CT molecular complexity index is 1330. The fourth-order valence-corrected chi connectivity index (χ4v) is 4.73. The number of carbonyl (C=O) groups excluding carboxylic acids is 1. The third-order valence-electron chi connectivity index (χ3n) is 5.89. The molecule has 1 amide bonds. The van der Waals surface area contributed by atoms with Crippen molar-refractivity contribution in [1.82, 2.24) is 9.97 Å². The summed E-state index contributed by atoms with van der Waals surface area (Å²) in [4.78, 5) is 23.6. The number of benzene rings is 2. The van der Waals surface area contributed by atoms with Gasteiger partial charge >= 0.3 is 0 Å². The first-order chi connectivity index (χ1) is 16.9. The molecule has 6 nitrogen and oxygen atoms in total. The number of pyridine rings is 1. The number of amides is 1. The highest BCUT2D eigenvalue weighted by atomic mass is 32.1. The molecule has 0 fully saturated rings. The van der Waals surface area contributed by atoms with Crippen LogP contribution in [0.4, 0.5) is 5.69 Å². The van der Waals surface area contributed by atoms with E-state index in [4.69, 9.17) is 14.5 Å². The van der Waals surface area contributed by atoms with Crippen molar-refractivity contribution in [2.75, 3.05) is 24.7 Å². The first-order valence-electron chi connectivity index (χ1n) is 11.6. The van der Waals surface area contributed by atoms with Gasteiger partial charge in [0, 0.05) is 17.1 Å². The van der Waals surface area contributed by atoms with Crippen LogP contribution in [0.25, 0.3) is 22.0 Å². The minimum atomic E-state index is -0.0891. The summed E-state index contributed by atoms with van der Waals surface area (Å²) in [5, 5.41) is 2.86. The van der Waals surface area contributed by atoms with E-state index in [1.165, 1.54) is 5.56 Å². The average Bonchev–Trinajstić information content (AvgIpc) is 3.36. The molecule has 0 N–H and O–H groups in total. The maximum atomic E-state index is 12.7. The Morgan fingerprint density at radius 1 is 1.06 bits per heavy atom. The van der Waals surface area contributed by atoms with Gasteiger partial charge in [0.2, 0.25) is 0 Å². The number of nitrogens with zero attached hydrogens (tertiary/aromatic N) is 3. The fraction of sp³-hybridized carbons (Fsp3) is 0.250. The minimum absolute atomic E-state index is 0.0210. The topological polar surface area (TPSA) is 64.5 Å². The van der Waals surface area contributed by atoms with Gasteiger partial charge in [0.05, 0.1) is 23.6 Å². The number of ether oxygens (including phenoxy) is 2. The van der Waals surface area contributed by atoms with Crippen molar-refractivity contribution in [3.63, 3.8) is 0 Å². The van der Waals surface area contributed by atoms with Crippen LogP contribution >= 0.6 is 11.3 Å². The molecule has 35 heavy (non-hydrogen) atoms. The van der Waals surface area contributed by atoms with Gasteiger partial charge in [-0.3, -0.25) is 9.78 Å². The largest absolute Gasteiger partial charge is 0.492 e. The second-order valence-corrected chi connectivity index (χ2v) is 10.3. The molecular formula is C28H27N3O3S. The monoisotopic (exact) mass is 485 g/mol. The van der Waals surface area contributed by atoms with Crippen LogP contribution in [0, 0.1) is 0 Å². The van der Waals surface area contributed by atoms with Gasteiger partial charge < -0.3 is 14.4 Å². The highest BCUT2D eigenvalue weighted by molar-refractivity contribution is 7.13. The Morgan fingerprint density at radius 2 is 1.89 bits per heavy atom. The smallest absolute Gasteiger partial charge is 0.265 e. The third-order valence-corrected chi connectivity index (χ3v) is 6.75. The second kappa shape index (κ2) is 9.50. The van der Waals surface area contributed by atoms with Gasteiger partial charge in [0.25, 0.3) is 5.91 Å². The van der Waals surface area contributed by atoms with Crippen LogP contribution in [-0.4, -0.2) is 35.6 Å². The number of fused-ring (bicyclic) bond motifs is 1. The van der Waals surface area contributed by atoms with Gasteiger partial charge in [-0.15, -0.1) is 11.3 Å². The number of anilines is 1. The van der Waals surface area contributed by atoms with E-state index in [0.29, 0.717) is 18.9 Å². The van der Waals surface area contributed by atoms with Gasteiger partial charge in [0.15, 0.2) is 6.61 Å².